The highest BCUT2D eigenvalue weighted by molar-refractivity contribution is 9.10. The van der Waals surface area contributed by atoms with Crippen LogP contribution in [0.25, 0.3) is 0 Å². The van der Waals surface area contributed by atoms with Gasteiger partial charge in [-0.3, -0.25) is 0 Å². The Kier molecular flexibility index (Phi) is 5.36. The molecule has 0 radical (unpaired) electrons. The zero-order valence-corrected chi connectivity index (χ0v) is 10.6. The van der Waals surface area contributed by atoms with Crippen LogP contribution < -0.4 is 4.74 Å². The average molecular weight is 298 g/mol. The van der Waals surface area contributed by atoms with Crippen molar-refractivity contribution in [2.75, 3.05) is 20.3 Å². The molecule has 0 saturated carbocycles. The van der Waals surface area contributed by atoms with Crippen LogP contribution in [-0.4, -0.2) is 20.3 Å². The van der Waals surface area contributed by atoms with Gasteiger partial charge < -0.3 is 9.47 Å². The molecule has 0 spiro atoms. The molecule has 1 aromatic carbocycles. The van der Waals surface area contributed by atoms with Crippen molar-refractivity contribution in [2.24, 2.45) is 0 Å². The molecule has 0 unspecified atom stereocenters. The molecule has 84 valence electrons. The van der Waals surface area contributed by atoms with E-state index in [2.05, 4.69) is 15.9 Å². The number of rotatable bonds is 5. The van der Waals surface area contributed by atoms with E-state index in [0.717, 1.165) is 0 Å². The molecule has 0 fully saturated rings. The second-order valence-corrected chi connectivity index (χ2v) is 4.22. The van der Waals surface area contributed by atoms with Gasteiger partial charge in [-0.2, -0.15) is 0 Å². The van der Waals surface area contributed by atoms with E-state index in [9.17, 15) is 4.39 Å². The molecule has 0 heterocycles. The van der Waals surface area contributed by atoms with Crippen molar-refractivity contribution in [3.63, 3.8) is 0 Å². The zero-order valence-electron chi connectivity index (χ0n) is 8.23. The lowest BCUT2D eigenvalue weighted by molar-refractivity contribution is 0.170. The molecule has 0 aliphatic heterocycles. The summed E-state index contributed by atoms with van der Waals surface area (Å²) in [5.41, 5.74) is 0. The van der Waals surface area contributed by atoms with E-state index >= 15 is 0 Å². The highest BCUT2D eigenvalue weighted by atomic mass is 79.9. The summed E-state index contributed by atoms with van der Waals surface area (Å²) in [6.07, 6.45) is 0.708. The standard InChI is InChI=1S/C10H11BrClFO2/c1-14-3-2-4-15-9-6-7(11)5-8(12)10(9)13/h5-6H,2-4H2,1H3. The van der Waals surface area contributed by atoms with Gasteiger partial charge in [-0.1, -0.05) is 27.5 Å². The van der Waals surface area contributed by atoms with Crippen LogP contribution >= 0.6 is 27.5 Å². The van der Waals surface area contributed by atoms with Gasteiger partial charge in [-0.25, -0.2) is 4.39 Å². The molecule has 0 N–H and O–H groups in total. The molecule has 0 aliphatic carbocycles. The Hall–Kier alpha value is -0.320. The van der Waals surface area contributed by atoms with Crippen LogP contribution in [-0.2, 0) is 4.74 Å². The van der Waals surface area contributed by atoms with Crippen molar-refractivity contribution in [2.45, 2.75) is 6.42 Å². The van der Waals surface area contributed by atoms with Crippen LogP contribution in [0.5, 0.6) is 5.75 Å². The Morgan fingerprint density at radius 1 is 1.40 bits per heavy atom. The van der Waals surface area contributed by atoms with Crippen LogP contribution in [0, 0.1) is 5.82 Å². The third-order valence-corrected chi connectivity index (χ3v) is 2.44. The number of benzene rings is 1. The van der Waals surface area contributed by atoms with Gasteiger partial charge in [0, 0.05) is 24.6 Å². The van der Waals surface area contributed by atoms with Crippen molar-refractivity contribution >= 4 is 27.5 Å². The largest absolute Gasteiger partial charge is 0.490 e. The lowest BCUT2D eigenvalue weighted by Crippen LogP contribution is -2.02. The summed E-state index contributed by atoms with van der Waals surface area (Å²) in [7, 11) is 1.61. The maximum absolute atomic E-state index is 13.4. The minimum absolute atomic E-state index is 0.0473. The van der Waals surface area contributed by atoms with E-state index in [1.807, 2.05) is 0 Å². The first-order chi connectivity index (χ1) is 7.15. The predicted molar refractivity (Wildman–Crippen MR) is 61.1 cm³/mol. The lowest BCUT2D eigenvalue weighted by atomic mass is 10.3. The van der Waals surface area contributed by atoms with Crippen LogP contribution in [0.15, 0.2) is 16.6 Å². The van der Waals surface area contributed by atoms with Crippen LogP contribution in [0.2, 0.25) is 5.02 Å². The number of ether oxygens (including phenoxy) is 2. The normalized spacial score (nSPS) is 10.4. The van der Waals surface area contributed by atoms with Crippen molar-refractivity contribution in [3.05, 3.63) is 27.4 Å². The summed E-state index contributed by atoms with van der Waals surface area (Å²) in [6, 6.07) is 3.03. The molecule has 15 heavy (non-hydrogen) atoms. The highest BCUT2D eigenvalue weighted by Gasteiger charge is 2.09. The molecule has 1 rings (SSSR count). The van der Waals surface area contributed by atoms with Gasteiger partial charge in [0.1, 0.15) is 0 Å². The van der Waals surface area contributed by atoms with Gasteiger partial charge in [-0.15, -0.1) is 0 Å². The molecular formula is C10H11BrClFO2. The molecule has 0 aromatic heterocycles. The van der Waals surface area contributed by atoms with E-state index < -0.39 is 5.82 Å². The molecule has 0 bridgehead atoms. The smallest absolute Gasteiger partial charge is 0.183 e. The minimum atomic E-state index is -0.530. The highest BCUT2D eigenvalue weighted by Crippen LogP contribution is 2.29. The van der Waals surface area contributed by atoms with E-state index in [1.165, 1.54) is 6.07 Å². The summed E-state index contributed by atoms with van der Waals surface area (Å²) in [5, 5.41) is 0.0473. The summed E-state index contributed by atoms with van der Waals surface area (Å²) in [6.45, 7) is 0.987. The van der Waals surface area contributed by atoms with E-state index in [0.29, 0.717) is 24.1 Å². The van der Waals surface area contributed by atoms with Gasteiger partial charge in [-0.05, 0) is 12.1 Å². The Bertz CT molecular complexity index is 333. The van der Waals surface area contributed by atoms with Gasteiger partial charge in [0.15, 0.2) is 11.6 Å². The van der Waals surface area contributed by atoms with Gasteiger partial charge in [0.25, 0.3) is 0 Å². The summed E-state index contributed by atoms with van der Waals surface area (Å²) in [4.78, 5) is 0. The fraction of sp³-hybridized carbons (Fsp3) is 0.400. The topological polar surface area (TPSA) is 18.5 Å². The number of hydrogen-bond donors (Lipinski definition) is 0. The predicted octanol–water partition coefficient (Wildman–Crippen LogP) is 3.66. The Morgan fingerprint density at radius 3 is 2.80 bits per heavy atom. The van der Waals surface area contributed by atoms with Crippen LogP contribution in [0.4, 0.5) is 4.39 Å². The summed E-state index contributed by atoms with van der Waals surface area (Å²) >= 11 is 8.86. The lowest BCUT2D eigenvalue weighted by Gasteiger charge is -2.08. The fourth-order valence-corrected chi connectivity index (χ4v) is 1.80. The first kappa shape index (κ1) is 12.7. The van der Waals surface area contributed by atoms with Crippen LogP contribution in [0.3, 0.4) is 0 Å². The molecule has 5 heteroatoms. The first-order valence-electron chi connectivity index (χ1n) is 4.41. The maximum Gasteiger partial charge on any atom is 0.183 e. The van der Waals surface area contributed by atoms with E-state index in [4.69, 9.17) is 21.1 Å². The Labute approximate surface area is 101 Å². The minimum Gasteiger partial charge on any atom is -0.490 e. The molecule has 0 amide bonds. The zero-order chi connectivity index (χ0) is 11.3. The molecule has 1 aromatic rings. The second-order valence-electron chi connectivity index (χ2n) is 2.89. The van der Waals surface area contributed by atoms with Crippen molar-refractivity contribution < 1.29 is 13.9 Å². The quantitative estimate of drug-likeness (QED) is 0.610. The third kappa shape index (κ3) is 3.97. The van der Waals surface area contributed by atoms with Crippen molar-refractivity contribution in [1.82, 2.24) is 0 Å². The number of hydrogen-bond acceptors (Lipinski definition) is 2. The van der Waals surface area contributed by atoms with E-state index in [-0.39, 0.29) is 10.8 Å². The Balaban J connectivity index is 2.60. The molecule has 0 aliphatic rings. The van der Waals surface area contributed by atoms with E-state index in [1.54, 1.807) is 13.2 Å². The Morgan fingerprint density at radius 2 is 2.13 bits per heavy atom. The fourth-order valence-electron chi connectivity index (χ4n) is 1.02. The number of halogens is 3. The van der Waals surface area contributed by atoms with Crippen molar-refractivity contribution in [1.29, 1.82) is 0 Å². The summed E-state index contributed by atoms with van der Waals surface area (Å²) < 4.78 is 24.2. The molecular weight excluding hydrogens is 286 g/mol. The molecule has 2 nitrogen and oxygen atoms in total. The molecule has 0 atom stereocenters. The first-order valence-corrected chi connectivity index (χ1v) is 5.58. The monoisotopic (exact) mass is 296 g/mol. The van der Waals surface area contributed by atoms with Gasteiger partial charge in [0.05, 0.1) is 11.6 Å². The van der Waals surface area contributed by atoms with Crippen LogP contribution in [0.1, 0.15) is 6.42 Å². The average Bonchev–Trinajstić information content (AvgIpc) is 2.19. The van der Waals surface area contributed by atoms with Gasteiger partial charge in [0.2, 0.25) is 0 Å². The molecule has 0 saturated heterocycles. The third-order valence-electron chi connectivity index (χ3n) is 1.71. The maximum atomic E-state index is 13.4. The van der Waals surface area contributed by atoms with Gasteiger partial charge >= 0.3 is 0 Å². The van der Waals surface area contributed by atoms with Crippen molar-refractivity contribution in [3.8, 4) is 5.75 Å². The summed E-state index contributed by atoms with van der Waals surface area (Å²) in [5.74, 6) is -0.372. The SMILES string of the molecule is COCCCOc1cc(Br)cc(Cl)c1F. The second kappa shape index (κ2) is 6.30. The number of methoxy groups -OCH3 is 1.